The van der Waals surface area contributed by atoms with Crippen LogP contribution in [0.2, 0.25) is 0 Å². The molecule has 0 spiro atoms. The molecule has 2 rings (SSSR count). The fourth-order valence-corrected chi connectivity index (χ4v) is 4.04. The van der Waals surface area contributed by atoms with E-state index in [4.69, 9.17) is 0 Å². The van der Waals surface area contributed by atoms with Gasteiger partial charge in [-0.15, -0.1) is 0 Å². The zero-order valence-corrected chi connectivity index (χ0v) is 15.9. The molecule has 1 nitrogen and oxygen atoms in total. The first-order valence-electron chi connectivity index (χ1n) is 10.4. The molecule has 0 bridgehead atoms. The van der Waals surface area contributed by atoms with E-state index in [2.05, 4.69) is 38.1 Å². The van der Waals surface area contributed by atoms with Crippen molar-refractivity contribution >= 4 is 5.78 Å². The minimum atomic E-state index is 0.353. The summed E-state index contributed by atoms with van der Waals surface area (Å²) in [5.74, 6) is 1.56. The molecular weight excluding hydrogens is 292 g/mol. The van der Waals surface area contributed by atoms with Crippen molar-refractivity contribution < 1.29 is 4.79 Å². The number of hydrogen-bond donors (Lipinski definition) is 0. The van der Waals surface area contributed by atoms with Gasteiger partial charge >= 0.3 is 0 Å². The van der Waals surface area contributed by atoms with Gasteiger partial charge < -0.3 is 0 Å². The number of carbonyl (C=O) groups is 1. The number of ketones is 1. The van der Waals surface area contributed by atoms with E-state index in [1.54, 1.807) is 0 Å². The summed E-state index contributed by atoms with van der Waals surface area (Å²) in [4.78, 5) is 12.3. The van der Waals surface area contributed by atoms with Gasteiger partial charge in [0.05, 0.1) is 0 Å². The molecule has 1 aliphatic carbocycles. The van der Waals surface area contributed by atoms with E-state index in [1.165, 1.54) is 62.5 Å². The molecule has 1 heteroatoms. The molecule has 1 aliphatic rings. The molecular formula is C23H36O. The van der Waals surface area contributed by atoms with Gasteiger partial charge in [0.15, 0.2) is 0 Å². The fourth-order valence-electron chi connectivity index (χ4n) is 4.04. The van der Waals surface area contributed by atoms with Crippen molar-refractivity contribution in [2.45, 2.75) is 96.8 Å². The molecule has 0 radical (unpaired) electrons. The number of hydrogen-bond acceptors (Lipinski definition) is 1. The summed E-state index contributed by atoms with van der Waals surface area (Å²) in [5, 5.41) is 0. The Morgan fingerprint density at radius 1 is 0.875 bits per heavy atom. The lowest BCUT2D eigenvalue weighted by Crippen LogP contribution is -2.21. The number of carbonyl (C=O) groups excluding carboxylic acids is 1. The van der Waals surface area contributed by atoms with Gasteiger partial charge in [-0.25, -0.2) is 0 Å². The van der Waals surface area contributed by atoms with E-state index in [-0.39, 0.29) is 0 Å². The Morgan fingerprint density at radius 2 is 1.50 bits per heavy atom. The lowest BCUT2D eigenvalue weighted by Gasteiger charge is -2.28. The molecule has 24 heavy (non-hydrogen) atoms. The van der Waals surface area contributed by atoms with Crippen LogP contribution in [0.4, 0.5) is 0 Å². The number of benzene rings is 1. The number of aryl methyl sites for hydroxylation is 1. The maximum atomic E-state index is 12.3. The van der Waals surface area contributed by atoms with Crippen LogP contribution in [0.25, 0.3) is 0 Å². The summed E-state index contributed by atoms with van der Waals surface area (Å²) in [6.07, 6.45) is 14.1. The summed E-state index contributed by atoms with van der Waals surface area (Å²) in [5.41, 5.74) is 2.97. The van der Waals surface area contributed by atoms with Crippen LogP contribution >= 0.6 is 0 Å². The Hall–Kier alpha value is -1.11. The lowest BCUT2D eigenvalue weighted by atomic mass is 9.76. The normalized spacial score (nSPS) is 20.9. The molecule has 1 aromatic rings. The molecule has 1 saturated carbocycles. The van der Waals surface area contributed by atoms with Crippen LogP contribution < -0.4 is 0 Å². The first-order valence-corrected chi connectivity index (χ1v) is 10.4. The van der Waals surface area contributed by atoms with Gasteiger partial charge in [-0.05, 0) is 62.0 Å². The smallest absolute Gasteiger partial charge is 0.135 e. The SMILES string of the molecule is CCCCCC(=O)C1CCC(c2ccc(CCCCC)cc2)CC1. The third-order valence-corrected chi connectivity index (χ3v) is 5.73. The minimum absolute atomic E-state index is 0.353. The Kier molecular flexibility index (Phi) is 8.56. The van der Waals surface area contributed by atoms with Crippen LogP contribution in [0.15, 0.2) is 24.3 Å². The molecule has 0 saturated heterocycles. The highest BCUT2D eigenvalue weighted by Crippen LogP contribution is 2.36. The molecule has 0 aromatic heterocycles. The quantitative estimate of drug-likeness (QED) is 0.430. The maximum absolute atomic E-state index is 12.3. The van der Waals surface area contributed by atoms with Crippen LogP contribution in [-0.4, -0.2) is 5.78 Å². The van der Waals surface area contributed by atoms with E-state index in [0.717, 1.165) is 25.7 Å². The highest BCUT2D eigenvalue weighted by atomic mass is 16.1. The van der Waals surface area contributed by atoms with Crippen molar-refractivity contribution in [3.05, 3.63) is 35.4 Å². The monoisotopic (exact) mass is 328 g/mol. The van der Waals surface area contributed by atoms with Gasteiger partial charge in [-0.2, -0.15) is 0 Å². The van der Waals surface area contributed by atoms with Gasteiger partial charge in [0.25, 0.3) is 0 Å². The second-order valence-corrected chi connectivity index (χ2v) is 7.67. The second-order valence-electron chi connectivity index (χ2n) is 7.67. The summed E-state index contributed by atoms with van der Waals surface area (Å²) < 4.78 is 0. The van der Waals surface area contributed by atoms with Gasteiger partial charge in [-0.3, -0.25) is 4.79 Å². The van der Waals surface area contributed by atoms with Crippen LogP contribution in [0, 0.1) is 5.92 Å². The van der Waals surface area contributed by atoms with Gasteiger partial charge in [0, 0.05) is 12.3 Å². The second kappa shape index (κ2) is 10.7. The van der Waals surface area contributed by atoms with Crippen LogP contribution in [0.1, 0.15) is 102 Å². The number of unbranched alkanes of at least 4 members (excludes halogenated alkanes) is 4. The zero-order valence-electron chi connectivity index (χ0n) is 15.9. The molecule has 1 fully saturated rings. The standard InChI is InChI=1S/C23H36O/c1-3-5-7-9-19-11-13-20(14-12-19)21-15-17-22(18-16-21)23(24)10-8-6-4-2/h11-14,21-22H,3-10,15-18H2,1-2H3. The Balaban J connectivity index is 1.76. The van der Waals surface area contributed by atoms with Crippen molar-refractivity contribution in [3.63, 3.8) is 0 Å². The predicted molar refractivity (Wildman–Crippen MR) is 104 cm³/mol. The minimum Gasteiger partial charge on any atom is -0.299 e. The largest absolute Gasteiger partial charge is 0.299 e. The summed E-state index contributed by atoms with van der Waals surface area (Å²) in [6, 6.07) is 9.34. The van der Waals surface area contributed by atoms with Crippen molar-refractivity contribution in [3.8, 4) is 0 Å². The van der Waals surface area contributed by atoms with Crippen molar-refractivity contribution in [1.82, 2.24) is 0 Å². The molecule has 0 atom stereocenters. The van der Waals surface area contributed by atoms with Crippen LogP contribution in [0.5, 0.6) is 0 Å². The highest BCUT2D eigenvalue weighted by molar-refractivity contribution is 5.81. The summed E-state index contributed by atoms with van der Waals surface area (Å²) in [7, 11) is 0. The zero-order chi connectivity index (χ0) is 17.2. The molecule has 0 unspecified atom stereocenters. The number of Topliss-reactive ketones (excluding diaryl/α,β-unsaturated/α-hetero) is 1. The Labute approximate surface area is 149 Å². The fraction of sp³-hybridized carbons (Fsp3) is 0.696. The van der Waals surface area contributed by atoms with Crippen LogP contribution in [-0.2, 0) is 11.2 Å². The van der Waals surface area contributed by atoms with Gasteiger partial charge in [-0.1, -0.05) is 63.8 Å². The molecule has 0 N–H and O–H groups in total. The van der Waals surface area contributed by atoms with Crippen molar-refractivity contribution in [2.75, 3.05) is 0 Å². The van der Waals surface area contributed by atoms with E-state index in [1.807, 2.05) is 0 Å². The van der Waals surface area contributed by atoms with Gasteiger partial charge in [0.1, 0.15) is 5.78 Å². The summed E-state index contributed by atoms with van der Waals surface area (Å²) >= 11 is 0. The summed E-state index contributed by atoms with van der Waals surface area (Å²) in [6.45, 7) is 4.46. The topological polar surface area (TPSA) is 17.1 Å². The third-order valence-electron chi connectivity index (χ3n) is 5.73. The average Bonchev–Trinajstić information content (AvgIpc) is 2.63. The van der Waals surface area contributed by atoms with Gasteiger partial charge in [0.2, 0.25) is 0 Å². The first kappa shape index (κ1) is 19.2. The number of rotatable bonds is 10. The third kappa shape index (κ3) is 6.07. The van der Waals surface area contributed by atoms with Crippen LogP contribution in [0.3, 0.4) is 0 Å². The Bertz CT molecular complexity index is 465. The molecule has 1 aromatic carbocycles. The lowest BCUT2D eigenvalue weighted by molar-refractivity contribution is -0.124. The van der Waals surface area contributed by atoms with Crippen molar-refractivity contribution in [2.24, 2.45) is 5.92 Å². The maximum Gasteiger partial charge on any atom is 0.135 e. The molecule has 0 heterocycles. The Morgan fingerprint density at radius 3 is 2.12 bits per heavy atom. The molecule has 0 amide bonds. The van der Waals surface area contributed by atoms with E-state index < -0.39 is 0 Å². The predicted octanol–water partition coefficient (Wildman–Crippen LogP) is 6.84. The molecule has 134 valence electrons. The highest BCUT2D eigenvalue weighted by Gasteiger charge is 2.26. The van der Waals surface area contributed by atoms with E-state index >= 15 is 0 Å². The molecule has 0 aliphatic heterocycles. The van der Waals surface area contributed by atoms with E-state index in [9.17, 15) is 4.79 Å². The average molecular weight is 329 g/mol. The van der Waals surface area contributed by atoms with Crippen molar-refractivity contribution in [1.29, 1.82) is 0 Å². The van der Waals surface area contributed by atoms with E-state index in [0.29, 0.717) is 17.6 Å². The first-order chi connectivity index (χ1) is 11.7.